The second-order valence-corrected chi connectivity index (χ2v) is 15.2. The molecule has 0 atom stereocenters. The van der Waals surface area contributed by atoms with Crippen LogP contribution >= 0.6 is 0 Å². The van der Waals surface area contributed by atoms with Crippen molar-refractivity contribution in [3.05, 3.63) is 223 Å². The molecule has 1 heterocycles. The topological polar surface area (TPSA) is 16.4 Å². The maximum absolute atomic E-state index is 6.47. The minimum Gasteiger partial charge on any atom is -0.455 e. The Morgan fingerprint density at radius 1 is 0.414 bits per heavy atom. The molecule has 0 saturated carbocycles. The lowest BCUT2D eigenvalue weighted by molar-refractivity contribution is 0.670. The lowest BCUT2D eigenvalue weighted by Crippen LogP contribution is -2.11. The van der Waals surface area contributed by atoms with E-state index in [0.29, 0.717) is 0 Å². The predicted molar refractivity (Wildman–Crippen MR) is 246 cm³/mol. The summed E-state index contributed by atoms with van der Waals surface area (Å²) < 4.78 is 6.47. The highest BCUT2D eigenvalue weighted by Crippen LogP contribution is 2.45. The second-order valence-electron chi connectivity index (χ2n) is 15.2. The molecule has 274 valence electrons. The van der Waals surface area contributed by atoms with Gasteiger partial charge in [-0.05, 0) is 110 Å². The molecule has 9 aromatic carbocycles. The van der Waals surface area contributed by atoms with E-state index in [0.717, 1.165) is 63.0 Å². The lowest BCUT2D eigenvalue weighted by Gasteiger charge is -2.29. The van der Waals surface area contributed by atoms with Gasteiger partial charge in [-0.3, -0.25) is 0 Å². The monoisotopic (exact) mass is 741 g/mol. The summed E-state index contributed by atoms with van der Waals surface area (Å²) >= 11 is 0. The zero-order valence-corrected chi connectivity index (χ0v) is 32.0. The highest BCUT2D eigenvalue weighted by atomic mass is 16.3. The summed E-state index contributed by atoms with van der Waals surface area (Å²) in [5.74, 6) is 0. The third kappa shape index (κ3) is 5.90. The maximum Gasteiger partial charge on any atom is 0.143 e. The first-order valence-corrected chi connectivity index (χ1v) is 20.1. The number of para-hydroxylation sites is 3. The minimum absolute atomic E-state index is 0.908. The van der Waals surface area contributed by atoms with E-state index >= 15 is 0 Å². The molecule has 1 aliphatic carbocycles. The first kappa shape index (κ1) is 33.9. The van der Waals surface area contributed by atoms with Crippen molar-refractivity contribution in [2.45, 2.75) is 12.8 Å². The summed E-state index contributed by atoms with van der Waals surface area (Å²) in [6.07, 6.45) is 6.65. The van der Waals surface area contributed by atoms with E-state index in [-0.39, 0.29) is 0 Å². The summed E-state index contributed by atoms with van der Waals surface area (Å²) in [5.41, 5.74) is 14.9. The van der Waals surface area contributed by atoms with Gasteiger partial charge in [0.25, 0.3) is 0 Å². The molecule has 2 nitrogen and oxygen atoms in total. The van der Waals surface area contributed by atoms with Crippen LogP contribution in [0, 0.1) is 0 Å². The predicted octanol–water partition coefficient (Wildman–Crippen LogP) is 16.0. The first-order chi connectivity index (χ1) is 28.8. The number of rotatable bonds is 7. The quantitative estimate of drug-likeness (QED) is 0.162. The molecule has 10 aromatic rings. The highest BCUT2D eigenvalue weighted by molar-refractivity contribution is 6.10. The Kier molecular flexibility index (Phi) is 8.33. The first-order valence-electron chi connectivity index (χ1n) is 20.1. The molecule has 0 unspecified atom stereocenters. The fourth-order valence-corrected chi connectivity index (χ4v) is 8.97. The molecule has 11 rings (SSSR count). The van der Waals surface area contributed by atoms with Crippen LogP contribution in [0.3, 0.4) is 0 Å². The third-order valence-corrected chi connectivity index (χ3v) is 11.7. The van der Waals surface area contributed by atoms with Gasteiger partial charge in [-0.1, -0.05) is 170 Å². The van der Waals surface area contributed by atoms with E-state index in [1.807, 2.05) is 12.1 Å². The van der Waals surface area contributed by atoms with Gasteiger partial charge in [0.05, 0.1) is 5.69 Å². The van der Waals surface area contributed by atoms with Crippen LogP contribution in [0.25, 0.3) is 76.9 Å². The summed E-state index contributed by atoms with van der Waals surface area (Å²) in [7, 11) is 0. The Hall–Kier alpha value is -7.42. The molecule has 0 bridgehead atoms. The van der Waals surface area contributed by atoms with E-state index in [1.54, 1.807) is 0 Å². The van der Waals surface area contributed by atoms with E-state index < -0.39 is 0 Å². The van der Waals surface area contributed by atoms with Crippen LogP contribution in [0.2, 0.25) is 0 Å². The Morgan fingerprint density at radius 2 is 1.09 bits per heavy atom. The van der Waals surface area contributed by atoms with Gasteiger partial charge in [0, 0.05) is 33.3 Å². The molecule has 58 heavy (non-hydrogen) atoms. The molecule has 0 spiro atoms. The number of hydrogen-bond donors (Lipinski definition) is 0. The average Bonchev–Trinajstić information content (AvgIpc) is 3.68. The highest BCUT2D eigenvalue weighted by Gasteiger charge is 2.21. The number of furan rings is 1. The van der Waals surface area contributed by atoms with Crippen LogP contribution in [-0.2, 0) is 0 Å². The molecule has 0 radical (unpaired) electrons. The van der Waals surface area contributed by atoms with Gasteiger partial charge in [0.1, 0.15) is 11.2 Å². The van der Waals surface area contributed by atoms with Crippen LogP contribution < -0.4 is 4.90 Å². The molecule has 0 saturated heterocycles. The van der Waals surface area contributed by atoms with Crippen molar-refractivity contribution in [1.29, 1.82) is 0 Å². The summed E-state index contributed by atoms with van der Waals surface area (Å²) in [6, 6.07) is 72.5. The minimum atomic E-state index is 0.908. The molecule has 0 fully saturated rings. The molecule has 2 heteroatoms. The fourth-order valence-electron chi connectivity index (χ4n) is 8.97. The van der Waals surface area contributed by atoms with Crippen molar-refractivity contribution in [2.24, 2.45) is 0 Å². The zero-order valence-electron chi connectivity index (χ0n) is 32.0. The van der Waals surface area contributed by atoms with E-state index in [4.69, 9.17) is 4.42 Å². The van der Waals surface area contributed by atoms with Gasteiger partial charge in [0.15, 0.2) is 0 Å². The summed E-state index contributed by atoms with van der Waals surface area (Å²) in [5, 5.41) is 7.28. The largest absolute Gasteiger partial charge is 0.455 e. The molecule has 0 aliphatic heterocycles. The Balaban J connectivity index is 1.08. The van der Waals surface area contributed by atoms with Crippen molar-refractivity contribution < 1.29 is 4.42 Å². The molecular formula is C56H39NO. The van der Waals surface area contributed by atoms with Crippen molar-refractivity contribution in [2.75, 3.05) is 4.90 Å². The van der Waals surface area contributed by atoms with Gasteiger partial charge < -0.3 is 9.32 Å². The zero-order chi connectivity index (χ0) is 38.4. The standard InChI is InChI=1S/C56H39NO/c1-2-16-41-36-43(31-30-38(41)14-1)48-22-7-9-28-54(48)57(44-34-32-40(33-35-44)49-25-13-27-53-52-24-8-10-29-55(52)58-56(49)53)45-19-11-18-42(37-45)47-21-5-6-23-50(47)51-26-12-17-39-15-3-4-20-46(39)51/h1-4,6-20,22-37H,5,21H2. The number of allylic oxidation sites excluding steroid dienone is 4. The lowest BCUT2D eigenvalue weighted by atomic mass is 9.86. The number of benzene rings is 9. The van der Waals surface area contributed by atoms with E-state index in [2.05, 4.69) is 205 Å². The molecule has 0 amide bonds. The molecule has 1 aliphatic rings. The second kappa shape index (κ2) is 14.3. The van der Waals surface area contributed by atoms with Gasteiger partial charge >= 0.3 is 0 Å². The number of nitrogens with zero attached hydrogens (tertiary/aromatic N) is 1. The van der Waals surface area contributed by atoms with E-state index in [1.165, 1.54) is 54.9 Å². The molecule has 1 aromatic heterocycles. The number of anilines is 3. The van der Waals surface area contributed by atoms with Gasteiger partial charge in [0.2, 0.25) is 0 Å². The van der Waals surface area contributed by atoms with Gasteiger partial charge in [-0.2, -0.15) is 0 Å². The van der Waals surface area contributed by atoms with Crippen LogP contribution in [0.1, 0.15) is 24.0 Å². The van der Waals surface area contributed by atoms with Crippen molar-refractivity contribution in [1.82, 2.24) is 0 Å². The summed E-state index contributed by atoms with van der Waals surface area (Å²) in [4.78, 5) is 2.43. The Labute approximate surface area is 338 Å². The Bertz CT molecular complexity index is 3230. The van der Waals surface area contributed by atoms with Crippen LogP contribution in [-0.4, -0.2) is 0 Å². The number of hydrogen-bond acceptors (Lipinski definition) is 2. The SMILES string of the molecule is C1=CC(c2cccc3ccccc23)=C(c2cccc(N(c3ccc(-c4cccc5c4oc4ccccc45)cc3)c3ccccc3-c3ccc4ccccc4c3)c2)CC1. The van der Waals surface area contributed by atoms with Crippen molar-refractivity contribution in [3.8, 4) is 22.3 Å². The van der Waals surface area contributed by atoms with Gasteiger partial charge in [-0.15, -0.1) is 0 Å². The maximum atomic E-state index is 6.47. The number of fused-ring (bicyclic) bond motifs is 5. The normalized spacial score (nSPS) is 12.9. The Morgan fingerprint density at radius 3 is 2.00 bits per heavy atom. The van der Waals surface area contributed by atoms with Crippen molar-refractivity contribution >= 4 is 71.7 Å². The smallest absolute Gasteiger partial charge is 0.143 e. The summed E-state index contributed by atoms with van der Waals surface area (Å²) in [6.45, 7) is 0. The van der Waals surface area contributed by atoms with Crippen LogP contribution in [0.5, 0.6) is 0 Å². The molecule has 0 N–H and O–H groups in total. The fraction of sp³-hybridized carbons (Fsp3) is 0.0357. The van der Waals surface area contributed by atoms with Crippen LogP contribution in [0.15, 0.2) is 217 Å². The molecular weight excluding hydrogens is 703 g/mol. The average molecular weight is 742 g/mol. The van der Waals surface area contributed by atoms with Gasteiger partial charge in [-0.25, -0.2) is 0 Å². The van der Waals surface area contributed by atoms with Crippen LogP contribution in [0.4, 0.5) is 17.1 Å². The van der Waals surface area contributed by atoms with Crippen molar-refractivity contribution in [3.63, 3.8) is 0 Å². The third-order valence-electron chi connectivity index (χ3n) is 11.7. The van der Waals surface area contributed by atoms with E-state index in [9.17, 15) is 0 Å².